The Balaban J connectivity index is 1.71. The zero-order valence-corrected chi connectivity index (χ0v) is 17.0. The molecule has 0 fully saturated rings. The molecule has 9 heteroatoms. The van der Waals surface area contributed by atoms with Crippen molar-refractivity contribution in [1.29, 1.82) is 0 Å². The molecule has 152 valence electrons. The minimum atomic E-state index is -0.667. The zero-order valence-electron chi connectivity index (χ0n) is 16.2. The predicted molar refractivity (Wildman–Crippen MR) is 112 cm³/mol. The van der Waals surface area contributed by atoms with E-state index in [0.717, 1.165) is 16.5 Å². The lowest BCUT2D eigenvalue weighted by Crippen LogP contribution is -2.41. The van der Waals surface area contributed by atoms with Crippen LogP contribution in [0.5, 0.6) is 0 Å². The molecule has 3 rings (SSSR count). The summed E-state index contributed by atoms with van der Waals surface area (Å²) in [6.07, 6.45) is 1.59. The maximum atomic E-state index is 12.6. The van der Waals surface area contributed by atoms with Crippen LogP contribution in [0.3, 0.4) is 0 Å². The number of nitro groups is 1. The summed E-state index contributed by atoms with van der Waals surface area (Å²) in [4.78, 5) is 40.3. The van der Waals surface area contributed by atoms with Crippen LogP contribution in [0.1, 0.15) is 31.8 Å². The number of benzene rings is 2. The van der Waals surface area contributed by atoms with E-state index in [0.29, 0.717) is 10.6 Å². The van der Waals surface area contributed by atoms with E-state index in [1.165, 1.54) is 35.5 Å². The highest BCUT2D eigenvalue weighted by molar-refractivity contribution is 7.99. The molecule has 0 atom stereocenters. The summed E-state index contributed by atoms with van der Waals surface area (Å²) >= 11 is 1.34. The number of nitro benzene ring substituents is 1. The molecule has 0 spiro atoms. The number of hydrogen-bond acceptors (Lipinski definition) is 6. The van der Waals surface area contributed by atoms with Crippen molar-refractivity contribution in [2.75, 3.05) is 0 Å². The summed E-state index contributed by atoms with van der Waals surface area (Å²) in [6, 6.07) is 14.4. The molecule has 0 bridgehead atoms. The highest BCUT2D eigenvalue weighted by Crippen LogP contribution is 2.29. The number of carbonyl (C=O) groups is 2. The van der Waals surface area contributed by atoms with E-state index in [1.807, 2.05) is 32.0 Å². The van der Waals surface area contributed by atoms with Crippen molar-refractivity contribution in [1.82, 2.24) is 15.8 Å². The van der Waals surface area contributed by atoms with E-state index in [4.69, 9.17) is 0 Å². The predicted octanol–water partition coefficient (Wildman–Crippen LogP) is 3.83. The van der Waals surface area contributed by atoms with Crippen molar-refractivity contribution in [2.45, 2.75) is 23.8 Å². The molecule has 30 heavy (non-hydrogen) atoms. The molecule has 3 aromatic rings. The SMILES string of the molecule is Cc1ccc(Sc2ncccc2C(=O)NNC(=O)c2cccc([N+](=O)[O-])c2)cc1C. The third-order valence-corrected chi connectivity index (χ3v) is 5.33. The molecule has 2 amide bonds. The first-order chi connectivity index (χ1) is 14.3. The van der Waals surface area contributed by atoms with Crippen molar-refractivity contribution >= 4 is 29.3 Å². The van der Waals surface area contributed by atoms with Gasteiger partial charge in [0.05, 0.1) is 10.5 Å². The van der Waals surface area contributed by atoms with Crippen LogP contribution in [-0.4, -0.2) is 21.7 Å². The van der Waals surface area contributed by atoms with Crippen molar-refractivity contribution in [3.8, 4) is 0 Å². The average molecular weight is 422 g/mol. The third-order valence-electron chi connectivity index (χ3n) is 4.32. The number of nitrogens with one attached hydrogen (secondary N) is 2. The Kier molecular flexibility index (Phi) is 6.43. The Labute approximate surface area is 176 Å². The molecule has 0 radical (unpaired) electrons. The minimum Gasteiger partial charge on any atom is -0.267 e. The Morgan fingerprint density at radius 3 is 2.47 bits per heavy atom. The zero-order chi connectivity index (χ0) is 21.7. The van der Waals surface area contributed by atoms with Gasteiger partial charge in [-0.05, 0) is 55.3 Å². The highest BCUT2D eigenvalue weighted by Gasteiger charge is 2.16. The van der Waals surface area contributed by atoms with E-state index in [2.05, 4.69) is 15.8 Å². The Morgan fingerprint density at radius 1 is 0.967 bits per heavy atom. The molecule has 0 saturated heterocycles. The molecule has 8 nitrogen and oxygen atoms in total. The lowest BCUT2D eigenvalue weighted by Gasteiger charge is -2.11. The van der Waals surface area contributed by atoms with Gasteiger partial charge < -0.3 is 0 Å². The quantitative estimate of drug-likeness (QED) is 0.477. The summed E-state index contributed by atoms with van der Waals surface area (Å²) in [5.74, 6) is -1.22. The molecule has 0 unspecified atom stereocenters. The smallest absolute Gasteiger partial charge is 0.267 e. The van der Waals surface area contributed by atoms with Crippen LogP contribution in [0.15, 0.2) is 70.7 Å². The summed E-state index contributed by atoms with van der Waals surface area (Å²) in [7, 11) is 0. The molecule has 2 N–H and O–H groups in total. The van der Waals surface area contributed by atoms with Gasteiger partial charge in [-0.2, -0.15) is 0 Å². The van der Waals surface area contributed by atoms with Crippen molar-refractivity contribution in [3.63, 3.8) is 0 Å². The van der Waals surface area contributed by atoms with Crippen molar-refractivity contribution < 1.29 is 14.5 Å². The van der Waals surface area contributed by atoms with Crippen LogP contribution in [0.4, 0.5) is 5.69 Å². The van der Waals surface area contributed by atoms with Gasteiger partial charge in [0.1, 0.15) is 5.03 Å². The Bertz CT molecular complexity index is 1130. The largest absolute Gasteiger partial charge is 0.272 e. The molecule has 0 aliphatic rings. The van der Waals surface area contributed by atoms with Gasteiger partial charge in [0.2, 0.25) is 0 Å². The third kappa shape index (κ3) is 5.00. The van der Waals surface area contributed by atoms with Crippen molar-refractivity contribution in [3.05, 3.63) is 93.2 Å². The van der Waals surface area contributed by atoms with E-state index in [-0.39, 0.29) is 11.3 Å². The number of non-ortho nitro benzene ring substituents is 1. The minimum absolute atomic E-state index is 0.0559. The monoisotopic (exact) mass is 422 g/mol. The van der Waals surface area contributed by atoms with Gasteiger partial charge in [-0.1, -0.05) is 23.9 Å². The van der Waals surface area contributed by atoms with Gasteiger partial charge >= 0.3 is 0 Å². The fourth-order valence-electron chi connectivity index (χ4n) is 2.55. The number of hydrazine groups is 1. The first kappa shape index (κ1) is 21.0. The summed E-state index contributed by atoms with van der Waals surface area (Å²) in [5, 5.41) is 11.3. The van der Waals surface area contributed by atoms with Gasteiger partial charge in [-0.25, -0.2) is 4.98 Å². The van der Waals surface area contributed by atoms with Crippen LogP contribution in [0.2, 0.25) is 0 Å². The van der Waals surface area contributed by atoms with E-state index in [9.17, 15) is 19.7 Å². The van der Waals surface area contributed by atoms with Gasteiger partial charge in [0.25, 0.3) is 17.5 Å². The normalized spacial score (nSPS) is 10.3. The number of pyridine rings is 1. The number of carbonyl (C=O) groups excluding carboxylic acids is 2. The molecule has 0 aliphatic carbocycles. The number of rotatable bonds is 5. The van der Waals surface area contributed by atoms with Gasteiger partial charge in [-0.15, -0.1) is 0 Å². The van der Waals surface area contributed by atoms with Crippen molar-refractivity contribution in [2.24, 2.45) is 0 Å². The highest BCUT2D eigenvalue weighted by atomic mass is 32.2. The van der Waals surface area contributed by atoms with Crippen LogP contribution in [-0.2, 0) is 0 Å². The second-order valence-electron chi connectivity index (χ2n) is 6.42. The molecule has 0 aliphatic heterocycles. The fourth-order valence-corrected chi connectivity index (χ4v) is 3.53. The summed E-state index contributed by atoms with van der Waals surface area (Å²) < 4.78 is 0. The molecule has 0 saturated carbocycles. The van der Waals surface area contributed by atoms with Crippen LogP contribution >= 0.6 is 11.8 Å². The Hall–Kier alpha value is -3.72. The second-order valence-corrected chi connectivity index (χ2v) is 7.48. The lowest BCUT2D eigenvalue weighted by atomic mass is 10.1. The van der Waals surface area contributed by atoms with Crippen LogP contribution in [0.25, 0.3) is 0 Å². The number of aromatic nitrogens is 1. The number of nitrogens with zero attached hydrogens (tertiary/aromatic N) is 2. The number of aryl methyl sites for hydroxylation is 2. The maximum absolute atomic E-state index is 12.6. The molecule has 1 aromatic heterocycles. The Morgan fingerprint density at radius 2 is 1.73 bits per heavy atom. The molecule has 2 aromatic carbocycles. The fraction of sp³-hybridized carbons (Fsp3) is 0.0952. The summed E-state index contributed by atoms with van der Waals surface area (Å²) in [5.41, 5.74) is 7.04. The molecular weight excluding hydrogens is 404 g/mol. The van der Waals surface area contributed by atoms with Crippen LogP contribution in [0, 0.1) is 24.0 Å². The molecular formula is C21H18N4O4S. The first-order valence-electron chi connectivity index (χ1n) is 8.90. The van der Waals surface area contributed by atoms with Gasteiger partial charge in [-0.3, -0.25) is 30.6 Å². The topological polar surface area (TPSA) is 114 Å². The molecule has 1 heterocycles. The average Bonchev–Trinajstić information content (AvgIpc) is 2.75. The van der Waals surface area contributed by atoms with Crippen LogP contribution < -0.4 is 10.9 Å². The lowest BCUT2D eigenvalue weighted by molar-refractivity contribution is -0.384. The van der Waals surface area contributed by atoms with Gasteiger partial charge in [0.15, 0.2) is 0 Å². The first-order valence-corrected chi connectivity index (χ1v) is 9.72. The number of amides is 2. The standard InChI is InChI=1S/C21H18N4O4S/c1-13-8-9-17(11-14(13)2)30-21-18(7-4-10-22-21)20(27)24-23-19(26)15-5-3-6-16(12-15)25(28)29/h3-12H,1-2H3,(H,23,26)(H,24,27). The second kappa shape index (κ2) is 9.19. The number of hydrogen-bond donors (Lipinski definition) is 2. The van der Waals surface area contributed by atoms with Gasteiger partial charge in [0, 0.05) is 28.8 Å². The maximum Gasteiger partial charge on any atom is 0.272 e. The van der Waals surface area contributed by atoms with E-state index < -0.39 is 16.7 Å². The summed E-state index contributed by atoms with van der Waals surface area (Å²) in [6.45, 7) is 4.03. The van der Waals surface area contributed by atoms with E-state index in [1.54, 1.807) is 18.3 Å². The van der Waals surface area contributed by atoms with E-state index >= 15 is 0 Å².